The molecular weight excluding hydrogens is 212 g/mol. The van der Waals surface area contributed by atoms with Gasteiger partial charge in [0.25, 0.3) is 0 Å². The fourth-order valence-electron chi connectivity index (χ4n) is 2.89. The average Bonchev–Trinajstić information content (AvgIpc) is 2.28. The number of carbonyl (C=O) groups excluding carboxylic acids is 1. The van der Waals surface area contributed by atoms with Gasteiger partial charge >= 0.3 is 0 Å². The highest BCUT2D eigenvalue weighted by atomic mass is 16.2. The van der Waals surface area contributed by atoms with Crippen molar-refractivity contribution in [1.82, 2.24) is 10.2 Å². The minimum absolute atomic E-state index is 0.168. The van der Waals surface area contributed by atoms with Gasteiger partial charge in [-0.15, -0.1) is 0 Å². The Morgan fingerprint density at radius 2 is 1.53 bits per heavy atom. The molecule has 0 aromatic carbocycles. The molecule has 1 aliphatic heterocycles. The quantitative estimate of drug-likeness (QED) is 0.817. The van der Waals surface area contributed by atoms with Crippen LogP contribution in [0.1, 0.15) is 47.5 Å². The molecule has 0 aromatic rings. The van der Waals surface area contributed by atoms with Crippen molar-refractivity contribution >= 4 is 5.91 Å². The second-order valence-electron chi connectivity index (χ2n) is 5.81. The minimum Gasteiger partial charge on any atom is -0.338 e. The van der Waals surface area contributed by atoms with E-state index in [1.165, 1.54) is 0 Å². The molecule has 0 aromatic heterocycles. The minimum atomic E-state index is 0.168. The maximum Gasteiger partial charge on any atom is 0.226 e. The molecule has 1 rings (SSSR count). The van der Waals surface area contributed by atoms with E-state index >= 15 is 0 Å². The van der Waals surface area contributed by atoms with Crippen LogP contribution in [-0.2, 0) is 4.79 Å². The van der Waals surface area contributed by atoms with Crippen LogP contribution < -0.4 is 5.32 Å². The van der Waals surface area contributed by atoms with Crippen LogP contribution in [0.25, 0.3) is 0 Å². The van der Waals surface area contributed by atoms with Gasteiger partial charge in [0.05, 0.1) is 0 Å². The third kappa shape index (κ3) is 3.70. The Morgan fingerprint density at radius 3 is 1.94 bits per heavy atom. The molecule has 1 amide bonds. The first kappa shape index (κ1) is 14.5. The fourth-order valence-corrected chi connectivity index (χ4v) is 2.89. The van der Waals surface area contributed by atoms with E-state index < -0.39 is 0 Å². The topological polar surface area (TPSA) is 32.3 Å². The van der Waals surface area contributed by atoms with E-state index in [0.717, 1.165) is 25.9 Å². The monoisotopic (exact) mass is 240 g/mol. The third-order valence-corrected chi connectivity index (χ3v) is 3.85. The lowest BCUT2D eigenvalue weighted by molar-refractivity contribution is -0.140. The van der Waals surface area contributed by atoms with E-state index in [1.807, 2.05) is 4.90 Å². The largest absolute Gasteiger partial charge is 0.338 e. The molecule has 0 spiro atoms. The van der Waals surface area contributed by atoms with Gasteiger partial charge in [0.1, 0.15) is 0 Å². The predicted octanol–water partition coefficient (Wildman–Crippen LogP) is 2.27. The maximum atomic E-state index is 12.5. The zero-order valence-corrected chi connectivity index (χ0v) is 12.0. The number of carbonyl (C=O) groups is 1. The highest BCUT2D eigenvalue weighted by Gasteiger charge is 2.31. The predicted molar refractivity (Wildman–Crippen MR) is 71.9 cm³/mol. The van der Waals surface area contributed by atoms with Gasteiger partial charge in [0.15, 0.2) is 0 Å². The molecule has 1 aliphatic rings. The molecule has 1 N–H and O–H groups in total. The van der Waals surface area contributed by atoms with Crippen LogP contribution in [0.4, 0.5) is 0 Å². The van der Waals surface area contributed by atoms with Gasteiger partial charge in [-0.3, -0.25) is 4.79 Å². The number of piperidine rings is 1. The number of hydrogen-bond acceptors (Lipinski definition) is 2. The standard InChI is InChI=1S/C14H28N2O/c1-10(2)16(11(3)4)14(17)12(5)13-6-8-15-9-7-13/h10-13,15H,6-9H2,1-5H3. The Bertz CT molecular complexity index is 237. The first-order chi connectivity index (χ1) is 7.95. The van der Waals surface area contributed by atoms with Crippen molar-refractivity contribution in [2.75, 3.05) is 13.1 Å². The summed E-state index contributed by atoms with van der Waals surface area (Å²) in [5.74, 6) is 1.06. The van der Waals surface area contributed by atoms with Gasteiger partial charge < -0.3 is 10.2 Å². The van der Waals surface area contributed by atoms with Gasteiger partial charge in [0, 0.05) is 18.0 Å². The molecule has 3 heteroatoms. The van der Waals surface area contributed by atoms with Crippen molar-refractivity contribution in [2.24, 2.45) is 11.8 Å². The van der Waals surface area contributed by atoms with E-state index in [-0.39, 0.29) is 5.92 Å². The van der Waals surface area contributed by atoms with Crippen molar-refractivity contribution in [2.45, 2.75) is 59.5 Å². The zero-order chi connectivity index (χ0) is 13.0. The second-order valence-corrected chi connectivity index (χ2v) is 5.81. The third-order valence-electron chi connectivity index (χ3n) is 3.85. The molecule has 1 saturated heterocycles. The highest BCUT2D eigenvalue weighted by Crippen LogP contribution is 2.25. The van der Waals surface area contributed by atoms with Crippen LogP contribution in [0, 0.1) is 11.8 Å². The first-order valence-electron chi connectivity index (χ1n) is 6.98. The highest BCUT2D eigenvalue weighted by molar-refractivity contribution is 5.79. The summed E-state index contributed by atoms with van der Waals surface area (Å²) >= 11 is 0. The van der Waals surface area contributed by atoms with E-state index in [2.05, 4.69) is 39.9 Å². The summed E-state index contributed by atoms with van der Waals surface area (Å²) in [5.41, 5.74) is 0. The summed E-state index contributed by atoms with van der Waals surface area (Å²) in [7, 11) is 0. The van der Waals surface area contributed by atoms with Crippen molar-refractivity contribution < 1.29 is 4.79 Å². The van der Waals surface area contributed by atoms with Crippen molar-refractivity contribution in [3.8, 4) is 0 Å². The molecule has 3 nitrogen and oxygen atoms in total. The Balaban J connectivity index is 2.65. The number of hydrogen-bond donors (Lipinski definition) is 1. The summed E-state index contributed by atoms with van der Waals surface area (Å²) < 4.78 is 0. The van der Waals surface area contributed by atoms with Gasteiger partial charge in [-0.05, 0) is 59.5 Å². The second kappa shape index (κ2) is 6.39. The summed E-state index contributed by atoms with van der Waals surface area (Å²) in [5, 5.41) is 3.36. The van der Waals surface area contributed by atoms with Gasteiger partial charge in [-0.2, -0.15) is 0 Å². The van der Waals surface area contributed by atoms with Crippen LogP contribution in [0.15, 0.2) is 0 Å². The number of amides is 1. The zero-order valence-electron chi connectivity index (χ0n) is 12.0. The Kier molecular flexibility index (Phi) is 5.44. The van der Waals surface area contributed by atoms with Gasteiger partial charge in [0.2, 0.25) is 5.91 Å². The fraction of sp³-hybridized carbons (Fsp3) is 0.929. The number of nitrogens with one attached hydrogen (secondary N) is 1. The smallest absolute Gasteiger partial charge is 0.226 e. The van der Waals surface area contributed by atoms with Crippen LogP contribution in [0.5, 0.6) is 0 Å². The molecule has 1 fully saturated rings. The number of nitrogens with zero attached hydrogens (tertiary/aromatic N) is 1. The molecule has 1 atom stereocenters. The van der Waals surface area contributed by atoms with Crippen molar-refractivity contribution in [3.63, 3.8) is 0 Å². The van der Waals surface area contributed by atoms with Crippen LogP contribution in [0.3, 0.4) is 0 Å². The molecule has 0 radical (unpaired) electrons. The summed E-state index contributed by atoms with van der Waals surface area (Å²) in [6.45, 7) is 12.6. The molecule has 17 heavy (non-hydrogen) atoms. The summed E-state index contributed by atoms with van der Waals surface area (Å²) in [4.78, 5) is 14.6. The molecule has 100 valence electrons. The molecule has 0 aliphatic carbocycles. The van der Waals surface area contributed by atoms with E-state index in [4.69, 9.17) is 0 Å². The lowest BCUT2D eigenvalue weighted by Gasteiger charge is -2.36. The number of rotatable bonds is 4. The molecule has 0 bridgehead atoms. The molecule has 1 heterocycles. The molecular formula is C14H28N2O. The van der Waals surface area contributed by atoms with Gasteiger partial charge in [-0.1, -0.05) is 6.92 Å². The van der Waals surface area contributed by atoms with E-state index in [0.29, 0.717) is 23.9 Å². The van der Waals surface area contributed by atoms with Crippen LogP contribution in [0.2, 0.25) is 0 Å². The molecule has 0 saturated carbocycles. The van der Waals surface area contributed by atoms with Crippen molar-refractivity contribution in [3.05, 3.63) is 0 Å². The maximum absolute atomic E-state index is 12.5. The summed E-state index contributed by atoms with van der Waals surface area (Å²) in [6.07, 6.45) is 2.27. The lowest BCUT2D eigenvalue weighted by atomic mass is 9.85. The average molecular weight is 240 g/mol. The van der Waals surface area contributed by atoms with Crippen LogP contribution in [-0.4, -0.2) is 36.0 Å². The summed E-state index contributed by atoms with van der Waals surface area (Å²) in [6, 6.07) is 0.596. The SMILES string of the molecule is CC(C(=O)N(C(C)C)C(C)C)C1CCNCC1. The lowest BCUT2D eigenvalue weighted by Crippen LogP contribution is -2.47. The molecule has 1 unspecified atom stereocenters. The van der Waals surface area contributed by atoms with E-state index in [1.54, 1.807) is 0 Å². The van der Waals surface area contributed by atoms with Gasteiger partial charge in [-0.25, -0.2) is 0 Å². The van der Waals surface area contributed by atoms with E-state index in [9.17, 15) is 4.79 Å². The Morgan fingerprint density at radius 1 is 1.06 bits per heavy atom. The Labute approximate surface area is 106 Å². The first-order valence-corrected chi connectivity index (χ1v) is 6.98. The van der Waals surface area contributed by atoms with Crippen molar-refractivity contribution in [1.29, 1.82) is 0 Å². The normalized spacial score (nSPS) is 19.7. The van der Waals surface area contributed by atoms with Crippen LogP contribution >= 0.6 is 0 Å². The Hall–Kier alpha value is -0.570.